The van der Waals surface area contributed by atoms with Gasteiger partial charge in [-0.1, -0.05) is 44.2 Å². The zero-order chi connectivity index (χ0) is 16.5. The molecule has 2 aromatic rings. The minimum atomic E-state index is 0.0444. The molecule has 0 aliphatic carbocycles. The summed E-state index contributed by atoms with van der Waals surface area (Å²) in [5.41, 5.74) is 13.1. The Kier molecular flexibility index (Phi) is 7.15. The SMILES string of the molecule is CC.N=C(N)c1ccc(/C(N)=C/N(N)Cc2ccccc2)s1. The number of nitrogens with zero attached hydrogens (tertiary/aromatic N) is 1. The van der Waals surface area contributed by atoms with Crippen molar-refractivity contribution in [3.63, 3.8) is 0 Å². The lowest BCUT2D eigenvalue weighted by Crippen LogP contribution is -2.25. The molecule has 1 heterocycles. The van der Waals surface area contributed by atoms with Crippen molar-refractivity contribution in [3.8, 4) is 0 Å². The Morgan fingerprint density at radius 1 is 1.09 bits per heavy atom. The van der Waals surface area contributed by atoms with Crippen LogP contribution in [0.2, 0.25) is 0 Å². The first kappa shape index (κ1) is 17.7. The van der Waals surface area contributed by atoms with Gasteiger partial charge in [-0.3, -0.25) is 5.41 Å². The van der Waals surface area contributed by atoms with Gasteiger partial charge in [0.1, 0.15) is 5.84 Å². The standard InChI is InChI=1S/C14H17N5S.C2H6/c15-11(12-6-7-13(20-12)14(16)17)9-19(18)8-10-4-2-1-3-5-10;1-2/h1-7,9H,8,15,18H2,(H3,16,17);1-2H3/b11-9-;. The Bertz CT molecular complexity index is 618. The summed E-state index contributed by atoms with van der Waals surface area (Å²) in [6, 6.07) is 13.5. The van der Waals surface area contributed by atoms with E-state index >= 15 is 0 Å². The molecule has 0 unspecified atom stereocenters. The van der Waals surface area contributed by atoms with Crippen molar-refractivity contribution in [3.05, 3.63) is 64.0 Å². The van der Waals surface area contributed by atoms with E-state index in [1.807, 2.05) is 50.2 Å². The minimum absolute atomic E-state index is 0.0444. The summed E-state index contributed by atoms with van der Waals surface area (Å²) in [5.74, 6) is 5.97. The topological polar surface area (TPSA) is 105 Å². The zero-order valence-corrected chi connectivity index (χ0v) is 13.7. The second-order valence-electron chi connectivity index (χ2n) is 4.32. The highest BCUT2D eigenvalue weighted by Crippen LogP contribution is 2.21. The van der Waals surface area contributed by atoms with Crippen LogP contribution in [-0.2, 0) is 6.54 Å². The monoisotopic (exact) mass is 317 g/mol. The predicted molar refractivity (Wildman–Crippen MR) is 95.0 cm³/mol. The molecule has 1 aromatic heterocycles. The number of nitrogens with two attached hydrogens (primary N) is 3. The highest BCUT2D eigenvalue weighted by Gasteiger charge is 2.06. The average molecular weight is 317 g/mol. The molecule has 6 heteroatoms. The molecule has 0 atom stereocenters. The fraction of sp³-hybridized carbons (Fsp3) is 0.188. The zero-order valence-electron chi connectivity index (χ0n) is 12.9. The maximum atomic E-state index is 7.37. The number of rotatable bonds is 5. The Labute approximate surface area is 135 Å². The van der Waals surface area contributed by atoms with E-state index in [-0.39, 0.29) is 5.84 Å². The van der Waals surface area contributed by atoms with Gasteiger partial charge in [0, 0.05) is 6.20 Å². The summed E-state index contributed by atoms with van der Waals surface area (Å²) in [6.45, 7) is 4.58. The van der Waals surface area contributed by atoms with Crippen LogP contribution in [-0.4, -0.2) is 10.8 Å². The van der Waals surface area contributed by atoms with Crippen molar-refractivity contribution >= 4 is 22.9 Å². The van der Waals surface area contributed by atoms with Crippen LogP contribution in [0.25, 0.3) is 5.70 Å². The van der Waals surface area contributed by atoms with Gasteiger partial charge in [0.05, 0.1) is 22.0 Å². The lowest BCUT2D eigenvalue weighted by atomic mass is 10.2. The van der Waals surface area contributed by atoms with Gasteiger partial charge >= 0.3 is 0 Å². The first-order valence-corrected chi connectivity index (χ1v) is 7.85. The van der Waals surface area contributed by atoms with Crippen molar-refractivity contribution < 1.29 is 0 Å². The number of hydrogen-bond acceptors (Lipinski definition) is 5. The lowest BCUT2D eigenvalue weighted by molar-refractivity contribution is 0.388. The van der Waals surface area contributed by atoms with E-state index in [2.05, 4.69) is 0 Å². The Hall–Kier alpha value is -2.31. The molecule has 0 saturated carbocycles. The molecule has 0 bridgehead atoms. The fourth-order valence-electron chi connectivity index (χ4n) is 1.72. The van der Waals surface area contributed by atoms with Crippen LogP contribution in [0.1, 0.15) is 29.2 Å². The molecule has 5 nitrogen and oxygen atoms in total. The quantitative estimate of drug-likeness (QED) is 0.294. The molecule has 1 aromatic carbocycles. The highest BCUT2D eigenvalue weighted by atomic mass is 32.1. The summed E-state index contributed by atoms with van der Waals surface area (Å²) in [5, 5.41) is 8.91. The Morgan fingerprint density at radius 3 is 2.23 bits per heavy atom. The third kappa shape index (κ3) is 5.23. The molecule has 0 aliphatic heterocycles. The van der Waals surface area contributed by atoms with E-state index < -0.39 is 0 Å². The van der Waals surface area contributed by atoms with Crippen LogP contribution >= 0.6 is 11.3 Å². The predicted octanol–water partition coefficient (Wildman–Crippen LogP) is 2.69. The van der Waals surface area contributed by atoms with Crippen LogP contribution in [0.15, 0.2) is 48.7 Å². The molecule has 2 rings (SSSR count). The van der Waals surface area contributed by atoms with Gasteiger partial charge in [-0.15, -0.1) is 11.3 Å². The first-order valence-electron chi connectivity index (χ1n) is 7.03. The average Bonchev–Trinajstić information content (AvgIpc) is 3.00. The Balaban J connectivity index is 0.00000116. The van der Waals surface area contributed by atoms with Gasteiger partial charge in [0.25, 0.3) is 0 Å². The second kappa shape index (κ2) is 8.86. The van der Waals surface area contributed by atoms with Crippen LogP contribution in [0, 0.1) is 5.41 Å². The van der Waals surface area contributed by atoms with E-state index in [1.54, 1.807) is 12.3 Å². The summed E-state index contributed by atoms with van der Waals surface area (Å²) in [6.07, 6.45) is 1.68. The maximum Gasteiger partial charge on any atom is 0.133 e. The molecule has 0 aliphatic rings. The number of nitrogen functional groups attached to an aromatic ring is 1. The third-order valence-corrected chi connectivity index (χ3v) is 3.84. The van der Waals surface area contributed by atoms with Gasteiger partial charge in [0.15, 0.2) is 0 Å². The summed E-state index contributed by atoms with van der Waals surface area (Å²) in [4.78, 5) is 1.54. The number of thiophene rings is 1. The van der Waals surface area contributed by atoms with Gasteiger partial charge in [-0.2, -0.15) is 0 Å². The Morgan fingerprint density at radius 2 is 1.68 bits per heavy atom. The van der Waals surface area contributed by atoms with Gasteiger partial charge in [0.2, 0.25) is 0 Å². The molecule has 0 saturated heterocycles. The summed E-state index contributed by atoms with van der Waals surface area (Å²) >= 11 is 1.37. The molecule has 0 spiro atoms. The number of amidine groups is 1. The number of hydrogen-bond donors (Lipinski definition) is 4. The number of benzene rings is 1. The molecule has 7 N–H and O–H groups in total. The van der Waals surface area contributed by atoms with Gasteiger partial charge in [-0.25, -0.2) is 5.84 Å². The van der Waals surface area contributed by atoms with Crippen molar-refractivity contribution in [1.82, 2.24) is 5.01 Å². The lowest BCUT2D eigenvalue weighted by Gasteiger charge is -2.14. The third-order valence-electron chi connectivity index (χ3n) is 2.67. The van der Waals surface area contributed by atoms with Crippen molar-refractivity contribution in [2.24, 2.45) is 17.3 Å². The normalized spacial score (nSPS) is 10.6. The van der Waals surface area contributed by atoms with E-state index in [1.165, 1.54) is 16.3 Å². The molecule has 118 valence electrons. The molecule has 22 heavy (non-hydrogen) atoms. The second-order valence-corrected chi connectivity index (χ2v) is 5.40. The van der Waals surface area contributed by atoms with Gasteiger partial charge in [-0.05, 0) is 17.7 Å². The number of hydrazine groups is 1. The molecular formula is C16H23N5S. The summed E-state index contributed by atoms with van der Waals surface area (Å²) < 4.78 is 0. The fourth-order valence-corrected chi connectivity index (χ4v) is 2.51. The van der Waals surface area contributed by atoms with E-state index in [9.17, 15) is 0 Å². The maximum absolute atomic E-state index is 7.37. The highest BCUT2D eigenvalue weighted by molar-refractivity contribution is 7.15. The molecule has 0 radical (unpaired) electrons. The molecule has 0 amide bonds. The van der Waals surface area contributed by atoms with Crippen molar-refractivity contribution in [2.45, 2.75) is 20.4 Å². The van der Waals surface area contributed by atoms with E-state index in [0.29, 0.717) is 17.1 Å². The molecule has 0 fully saturated rings. The van der Waals surface area contributed by atoms with Crippen LogP contribution in [0.3, 0.4) is 0 Å². The smallest absolute Gasteiger partial charge is 0.133 e. The van der Waals surface area contributed by atoms with E-state index in [0.717, 1.165) is 10.4 Å². The number of nitrogens with one attached hydrogen (secondary N) is 1. The largest absolute Gasteiger partial charge is 0.396 e. The molecular weight excluding hydrogens is 294 g/mol. The minimum Gasteiger partial charge on any atom is -0.396 e. The van der Waals surface area contributed by atoms with E-state index in [4.69, 9.17) is 22.7 Å². The van der Waals surface area contributed by atoms with Crippen LogP contribution < -0.4 is 17.3 Å². The van der Waals surface area contributed by atoms with Crippen LogP contribution in [0.4, 0.5) is 0 Å². The van der Waals surface area contributed by atoms with Crippen LogP contribution in [0.5, 0.6) is 0 Å². The first-order chi connectivity index (χ1) is 10.6. The van der Waals surface area contributed by atoms with Gasteiger partial charge < -0.3 is 16.5 Å². The summed E-state index contributed by atoms with van der Waals surface area (Å²) in [7, 11) is 0. The van der Waals surface area contributed by atoms with Crippen molar-refractivity contribution in [1.29, 1.82) is 5.41 Å². The van der Waals surface area contributed by atoms with Crippen molar-refractivity contribution in [2.75, 3.05) is 0 Å².